The van der Waals surface area contributed by atoms with Gasteiger partial charge in [0.1, 0.15) is 0 Å². The van der Waals surface area contributed by atoms with Crippen molar-refractivity contribution in [2.75, 3.05) is 19.8 Å². The number of epoxide rings is 1. The number of ether oxygens (including phenoxy) is 1. The van der Waals surface area contributed by atoms with Crippen molar-refractivity contribution in [1.29, 1.82) is 0 Å². The third-order valence-corrected chi connectivity index (χ3v) is 5.23. The van der Waals surface area contributed by atoms with Gasteiger partial charge in [-0.3, -0.25) is 13.6 Å². The van der Waals surface area contributed by atoms with Gasteiger partial charge in [-0.1, -0.05) is 13.8 Å². The van der Waals surface area contributed by atoms with Crippen LogP contribution < -0.4 is 0 Å². The standard InChI is InChI=1S/C12H21O5P/c1-12(2)7-15-18(13,16-8-12)14-6-9-3-4-10-11(5-9)17-10/h9-11H,3-8H2,1-2H3/p+1. The van der Waals surface area contributed by atoms with Crippen LogP contribution in [0.1, 0.15) is 33.1 Å². The Morgan fingerprint density at radius 1 is 1.28 bits per heavy atom. The second-order valence-electron chi connectivity index (χ2n) is 6.42. The molecule has 104 valence electrons. The van der Waals surface area contributed by atoms with E-state index in [-0.39, 0.29) is 5.41 Å². The van der Waals surface area contributed by atoms with Gasteiger partial charge < -0.3 is 4.74 Å². The molecule has 1 saturated carbocycles. The van der Waals surface area contributed by atoms with Crippen molar-refractivity contribution < 1.29 is 22.9 Å². The minimum atomic E-state index is -3.30. The molecular weight excluding hydrogens is 255 g/mol. The predicted octanol–water partition coefficient (Wildman–Crippen LogP) is 2.26. The Morgan fingerprint density at radius 2 is 2.00 bits per heavy atom. The van der Waals surface area contributed by atoms with Gasteiger partial charge in [0.25, 0.3) is 0 Å². The minimum absolute atomic E-state index is 0.0811. The van der Waals surface area contributed by atoms with Gasteiger partial charge in [-0.25, -0.2) is 4.57 Å². The topological polar surface area (TPSA) is 57.6 Å². The largest absolute Gasteiger partial charge is 0.474 e. The van der Waals surface area contributed by atoms with Crippen LogP contribution >= 0.6 is 7.82 Å². The molecule has 0 aromatic heterocycles. The molecule has 2 aliphatic heterocycles. The summed E-state index contributed by atoms with van der Waals surface area (Å²) in [5, 5.41) is 0. The molecule has 5 nitrogen and oxygen atoms in total. The SMILES string of the molecule is CC1(C)COP(=O)(OCC2CCC3[OH+]C3C2)OC1. The molecule has 1 N–H and O–H groups in total. The average molecular weight is 277 g/mol. The zero-order valence-electron chi connectivity index (χ0n) is 11.0. The lowest BCUT2D eigenvalue weighted by Gasteiger charge is -2.33. The Morgan fingerprint density at radius 3 is 2.67 bits per heavy atom. The molecule has 0 aromatic rings. The summed E-state index contributed by atoms with van der Waals surface area (Å²) in [6.07, 6.45) is 4.48. The van der Waals surface area contributed by atoms with Gasteiger partial charge in [0, 0.05) is 18.3 Å². The Kier molecular flexibility index (Phi) is 3.32. The second-order valence-corrected chi connectivity index (χ2v) is 8.09. The Bertz CT molecular complexity index is 355. The highest BCUT2D eigenvalue weighted by molar-refractivity contribution is 7.48. The monoisotopic (exact) mass is 277 g/mol. The molecular formula is C12H22O5P+. The van der Waals surface area contributed by atoms with E-state index in [2.05, 4.69) is 4.74 Å². The van der Waals surface area contributed by atoms with Gasteiger partial charge in [-0.05, 0) is 12.3 Å². The first-order valence-electron chi connectivity index (χ1n) is 6.69. The van der Waals surface area contributed by atoms with E-state index in [1.54, 1.807) is 0 Å². The number of fused-ring (bicyclic) bond motifs is 1. The van der Waals surface area contributed by atoms with Crippen LogP contribution in [0.15, 0.2) is 0 Å². The van der Waals surface area contributed by atoms with Crippen LogP contribution in [0.2, 0.25) is 0 Å². The molecule has 0 aromatic carbocycles. The molecule has 2 saturated heterocycles. The summed E-state index contributed by atoms with van der Waals surface area (Å²) in [6.45, 7) is 5.36. The van der Waals surface area contributed by atoms with Crippen molar-refractivity contribution in [3.05, 3.63) is 0 Å². The Balaban J connectivity index is 1.46. The van der Waals surface area contributed by atoms with Gasteiger partial charge in [-0.15, -0.1) is 0 Å². The van der Waals surface area contributed by atoms with Crippen molar-refractivity contribution in [2.45, 2.75) is 45.3 Å². The lowest BCUT2D eigenvalue weighted by atomic mass is 9.90. The van der Waals surface area contributed by atoms with E-state index in [9.17, 15) is 4.57 Å². The zero-order chi connectivity index (χ0) is 12.8. The summed E-state index contributed by atoms with van der Waals surface area (Å²) in [5.41, 5.74) is -0.0811. The third kappa shape index (κ3) is 2.97. The summed E-state index contributed by atoms with van der Waals surface area (Å²) < 4.78 is 32.6. The average Bonchev–Trinajstić information content (AvgIpc) is 3.10. The molecule has 0 radical (unpaired) electrons. The van der Waals surface area contributed by atoms with E-state index >= 15 is 0 Å². The Hall–Kier alpha value is 0.0700. The molecule has 0 amide bonds. The lowest BCUT2D eigenvalue weighted by molar-refractivity contribution is -0.00383. The van der Waals surface area contributed by atoms with E-state index in [1.807, 2.05) is 13.8 Å². The summed E-state index contributed by atoms with van der Waals surface area (Å²) in [5.74, 6) is 0.450. The molecule has 0 spiro atoms. The van der Waals surface area contributed by atoms with Crippen molar-refractivity contribution in [2.24, 2.45) is 11.3 Å². The summed E-state index contributed by atoms with van der Waals surface area (Å²) in [6, 6.07) is 0. The maximum absolute atomic E-state index is 12.2. The highest BCUT2D eigenvalue weighted by atomic mass is 31.2. The number of rotatable bonds is 3. The van der Waals surface area contributed by atoms with Gasteiger partial charge in [0.2, 0.25) is 12.2 Å². The zero-order valence-corrected chi connectivity index (χ0v) is 11.9. The summed E-state index contributed by atoms with van der Waals surface area (Å²) in [4.78, 5) is 0. The van der Waals surface area contributed by atoms with Crippen LogP contribution in [-0.2, 0) is 18.1 Å². The number of phosphoric acid groups is 1. The number of aliphatic hydroxyl groups is 2. The van der Waals surface area contributed by atoms with Crippen LogP contribution in [0.3, 0.4) is 0 Å². The molecule has 1 aliphatic carbocycles. The minimum Gasteiger partial charge on any atom is -0.417 e. The third-order valence-electron chi connectivity index (χ3n) is 3.88. The van der Waals surface area contributed by atoms with Crippen LogP contribution in [-0.4, -0.2) is 36.8 Å². The van der Waals surface area contributed by atoms with Crippen LogP contribution in [0, 0.1) is 11.3 Å². The molecule has 0 bridgehead atoms. The smallest absolute Gasteiger partial charge is 0.417 e. The van der Waals surface area contributed by atoms with Gasteiger partial charge in [0.05, 0.1) is 19.8 Å². The highest BCUT2D eigenvalue weighted by Crippen LogP contribution is 2.55. The number of hydrogen-bond donors (Lipinski definition) is 0. The lowest BCUT2D eigenvalue weighted by Crippen LogP contribution is -2.30. The molecule has 3 unspecified atom stereocenters. The molecule has 18 heavy (non-hydrogen) atoms. The highest BCUT2D eigenvalue weighted by Gasteiger charge is 2.52. The van der Waals surface area contributed by atoms with Gasteiger partial charge in [0.15, 0.2) is 0 Å². The molecule has 3 fully saturated rings. The Labute approximate surface area is 108 Å². The first-order valence-corrected chi connectivity index (χ1v) is 8.15. The molecule has 3 aliphatic rings. The molecule has 3 rings (SSSR count). The molecule has 6 heteroatoms. The first kappa shape index (κ1) is 13.1. The van der Waals surface area contributed by atoms with Crippen molar-refractivity contribution in [1.82, 2.24) is 0 Å². The second kappa shape index (κ2) is 4.57. The van der Waals surface area contributed by atoms with Crippen molar-refractivity contribution in [3.8, 4) is 0 Å². The van der Waals surface area contributed by atoms with Crippen LogP contribution in [0.25, 0.3) is 0 Å². The first-order chi connectivity index (χ1) is 8.46. The maximum Gasteiger partial charge on any atom is 0.474 e. The van der Waals surface area contributed by atoms with Crippen LogP contribution in [0.5, 0.6) is 0 Å². The van der Waals surface area contributed by atoms with Gasteiger partial charge in [-0.2, -0.15) is 0 Å². The fourth-order valence-corrected chi connectivity index (χ4v) is 4.19. The maximum atomic E-state index is 12.2. The van der Waals surface area contributed by atoms with Crippen molar-refractivity contribution >= 4 is 7.82 Å². The quantitative estimate of drug-likeness (QED) is 0.451. The summed E-state index contributed by atoms with van der Waals surface area (Å²) >= 11 is 0. The van der Waals surface area contributed by atoms with Crippen LogP contribution in [0.4, 0.5) is 0 Å². The number of hydrogen-bond acceptors (Lipinski definition) is 4. The molecule has 2 heterocycles. The van der Waals surface area contributed by atoms with Gasteiger partial charge >= 0.3 is 7.82 Å². The normalized spacial score (nSPS) is 41.1. The van der Waals surface area contributed by atoms with E-state index in [1.165, 1.54) is 0 Å². The van der Waals surface area contributed by atoms with E-state index in [4.69, 9.17) is 13.6 Å². The molecule has 3 atom stereocenters. The fraction of sp³-hybridized carbons (Fsp3) is 1.00. The van der Waals surface area contributed by atoms with E-state index < -0.39 is 7.82 Å². The number of phosphoric ester groups is 1. The van der Waals surface area contributed by atoms with E-state index in [0.29, 0.717) is 37.9 Å². The summed E-state index contributed by atoms with van der Waals surface area (Å²) in [7, 11) is -3.30. The van der Waals surface area contributed by atoms with Crippen molar-refractivity contribution in [3.63, 3.8) is 0 Å². The van der Waals surface area contributed by atoms with E-state index in [0.717, 1.165) is 19.3 Å². The fourth-order valence-electron chi connectivity index (χ4n) is 2.56. The predicted molar refractivity (Wildman–Crippen MR) is 66.4 cm³/mol.